The molecule has 1 N–H and O–H groups in total. The van der Waals surface area contributed by atoms with Gasteiger partial charge in [0.1, 0.15) is 0 Å². The Balaban J connectivity index is 2.45. The van der Waals surface area contributed by atoms with Crippen molar-refractivity contribution < 1.29 is 0 Å². The van der Waals surface area contributed by atoms with Crippen molar-refractivity contribution in [1.82, 2.24) is 5.32 Å². The maximum absolute atomic E-state index is 3.60. The summed E-state index contributed by atoms with van der Waals surface area (Å²) < 4.78 is 0. The van der Waals surface area contributed by atoms with Crippen LogP contribution in [0.2, 0.25) is 0 Å². The van der Waals surface area contributed by atoms with Crippen LogP contribution in [0.1, 0.15) is 52.5 Å². The summed E-state index contributed by atoms with van der Waals surface area (Å²) >= 11 is 1.81. The molecule has 17 heavy (non-hydrogen) atoms. The molecule has 1 unspecified atom stereocenters. The zero-order valence-electron chi connectivity index (χ0n) is 11.8. The molecule has 0 radical (unpaired) electrons. The largest absolute Gasteiger partial charge is 0.314 e. The Morgan fingerprint density at radius 2 is 2.12 bits per heavy atom. The molecule has 1 aromatic heterocycles. The Hall–Kier alpha value is -0.340. The van der Waals surface area contributed by atoms with E-state index < -0.39 is 0 Å². The van der Waals surface area contributed by atoms with Crippen molar-refractivity contribution in [2.75, 3.05) is 6.54 Å². The summed E-state index contributed by atoms with van der Waals surface area (Å²) in [5.41, 5.74) is 1.95. The van der Waals surface area contributed by atoms with E-state index in [9.17, 15) is 0 Å². The van der Waals surface area contributed by atoms with Crippen molar-refractivity contribution >= 4 is 11.3 Å². The molecule has 98 valence electrons. The summed E-state index contributed by atoms with van der Waals surface area (Å²) in [4.78, 5) is 0. The highest BCUT2D eigenvalue weighted by molar-refractivity contribution is 7.07. The van der Waals surface area contributed by atoms with E-state index in [1.54, 1.807) is 11.3 Å². The average Bonchev–Trinajstić information content (AvgIpc) is 2.77. The van der Waals surface area contributed by atoms with Crippen LogP contribution in [0.3, 0.4) is 0 Å². The van der Waals surface area contributed by atoms with Crippen LogP contribution in [0, 0.1) is 5.41 Å². The number of thiophene rings is 1. The third-order valence-electron chi connectivity index (χ3n) is 3.39. The summed E-state index contributed by atoms with van der Waals surface area (Å²) in [6.07, 6.45) is 5.10. The molecule has 0 spiro atoms. The Bertz CT molecular complexity index is 292. The molecule has 0 amide bonds. The molecule has 0 fully saturated rings. The molecule has 0 aromatic carbocycles. The average molecular weight is 253 g/mol. The molecular formula is C15H27NS. The number of rotatable bonds is 8. The fourth-order valence-electron chi connectivity index (χ4n) is 2.24. The van der Waals surface area contributed by atoms with Gasteiger partial charge in [-0.15, -0.1) is 0 Å². The van der Waals surface area contributed by atoms with Crippen molar-refractivity contribution in [2.45, 2.75) is 59.4 Å². The summed E-state index contributed by atoms with van der Waals surface area (Å²) in [7, 11) is 0. The fourth-order valence-corrected chi connectivity index (χ4v) is 2.94. The van der Waals surface area contributed by atoms with Gasteiger partial charge < -0.3 is 5.32 Å². The molecule has 1 rings (SSSR count). The van der Waals surface area contributed by atoms with Crippen LogP contribution in [0.25, 0.3) is 0 Å². The molecule has 1 heterocycles. The number of aryl methyl sites for hydroxylation is 1. The summed E-state index contributed by atoms with van der Waals surface area (Å²) in [5, 5.41) is 8.06. The minimum atomic E-state index is 0.445. The lowest BCUT2D eigenvalue weighted by Crippen LogP contribution is -2.36. The molecule has 1 nitrogen and oxygen atoms in total. The van der Waals surface area contributed by atoms with E-state index in [1.807, 2.05) is 0 Å². The van der Waals surface area contributed by atoms with Crippen molar-refractivity contribution in [3.05, 3.63) is 22.4 Å². The first-order valence-electron chi connectivity index (χ1n) is 6.80. The Labute approximate surface area is 111 Å². The van der Waals surface area contributed by atoms with Gasteiger partial charge in [0.25, 0.3) is 0 Å². The first-order chi connectivity index (χ1) is 8.06. The molecule has 0 aliphatic rings. The highest BCUT2D eigenvalue weighted by Crippen LogP contribution is 2.29. The maximum Gasteiger partial charge on any atom is 0.00106 e. The fraction of sp³-hybridized carbons (Fsp3) is 0.733. The van der Waals surface area contributed by atoms with Crippen LogP contribution in [-0.2, 0) is 6.42 Å². The van der Waals surface area contributed by atoms with E-state index in [4.69, 9.17) is 0 Å². The molecule has 0 bridgehead atoms. The summed E-state index contributed by atoms with van der Waals surface area (Å²) in [5.74, 6) is 0. The first kappa shape index (κ1) is 14.7. The second-order valence-electron chi connectivity index (χ2n) is 5.73. The summed E-state index contributed by atoms with van der Waals surface area (Å²) in [6.45, 7) is 10.3. The zero-order valence-corrected chi connectivity index (χ0v) is 12.6. The zero-order chi connectivity index (χ0) is 12.7. The van der Waals surface area contributed by atoms with Crippen molar-refractivity contribution in [2.24, 2.45) is 5.41 Å². The van der Waals surface area contributed by atoms with Crippen molar-refractivity contribution in [3.8, 4) is 0 Å². The van der Waals surface area contributed by atoms with Gasteiger partial charge in [0.05, 0.1) is 0 Å². The highest BCUT2D eigenvalue weighted by Gasteiger charge is 2.23. The highest BCUT2D eigenvalue weighted by atomic mass is 32.1. The minimum absolute atomic E-state index is 0.445. The van der Waals surface area contributed by atoms with E-state index in [0.717, 1.165) is 6.54 Å². The lowest BCUT2D eigenvalue weighted by molar-refractivity contribution is 0.249. The number of nitrogens with one attached hydrogen (secondary N) is 1. The van der Waals surface area contributed by atoms with Crippen LogP contribution >= 0.6 is 11.3 Å². The van der Waals surface area contributed by atoms with E-state index in [2.05, 4.69) is 49.8 Å². The molecule has 0 aliphatic heterocycles. The van der Waals surface area contributed by atoms with Crippen LogP contribution in [-0.4, -0.2) is 12.6 Å². The van der Waals surface area contributed by atoms with Gasteiger partial charge in [0.2, 0.25) is 0 Å². The Kier molecular flexibility index (Phi) is 6.21. The van der Waals surface area contributed by atoms with Gasteiger partial charge in [-0.3, -0.25) is 0 Å². The number of hydrogen-bond donors (Lipinski definition) is 1. The molecular weight excluding hydrogens is 226 g/mol. The normalized spacial score (nSPS) is 15.1. The molecule has 0 aliphatic carbocycles. The Morgan fingerprint density at radius 1 is 1.35 bits per heavy atom. The SMILES string of the molecule is CCCC(C)(CCc1ccsc1)CNC(C)C. The lowest BCUT2D eigenvalue weighted by Gasteiger charge is -2.30. The van der Waals surface area contributed by atoms with Gasteiger partial charge in [-0.1, -0.05) is 34.1 Å². The van der Waals surface area contributed by atoms with Gasteiger partial charge >= 0.3 is 0 Å². The Morgan fingerprint density at radius 3 is 2.65 bits per heavy atom. The minimum Gasteiger partial charge on any atom is -0.314 e. The quantitative estimate of drug-likeness (QED) is 0.720. The van der Waals surface area contributed by atoms with Crippen LogP contribution in [0.5, 0.6) is 0 Å². The van der Waals surface area contributed by atoms with Gasteiger partial charge in [0, 0.05) is 12.6 Å². The molecule has 0 saturated heterocycles. The van der Waals surface area contributed by atoms with E-state index in [1.165, 1.54) is 31.2 Å². The van der Waals surface area contributed by atoms with E-state index in [0.29, 0.717) is 11.5 Å². The smallest absolute Gasteiger partial charge is 0.00106 e. The van der Waals surface area contributed by atoms with Crippen LogP contribution < -0.4 is 5.32 Å². The molecule has 1 atom stereocenters. The predicted molar refractivity (Wildman–Crippen MR) is 78.8 cm³/mol. The predicted octanol–water partition coefficient (Wildman–Crippen LogP) is 4.49. The second-order valence-corrected chi connectivity index (χ2v) is 6.51. The van der Waals surface area contributed by atoms with Crippen LogP contribution in [0.15, 0.2) is 16.8 Å². The van der Waals surface area contributed by atoms with Gasteiger partial charge in [-0.25, -0.2) is 0 Å². The molecule has 0 saturated carbocycles. The summed E-state index contributed by atoms with van der Waals surface area (Å²) in [6, 6.07) is 2.85. The van der Waals surface area contributed by atoms with Crippen LogP contribution in [0.4, 0.5) is 0 Å². The van der Waals surface area contributed by atoms with E-state index >= 15 is 0 Å². The van der Waals surface area contributed by atoms with Crippen molar-refractivity contribution in [3.63, 3.8) is 0 Å². The molecule has 2 heteroatoms. The third kappa shape index (κ3) is 5.69. The van der Waals surface area contributed by atoms with Gasteiger partial charge in [-0.2, -0.15) is 11.3 Å². The monoisotopic (exact) mass is 253 g/mol. The number of hydrogen-bond acceptors (Lipinski definition) is 2. The second kappa shape index (κ2) is 7.17. The first-order valence-corrected chi connectivity index (χ1v) is 7.74. The molecule has 1 aromatic rings. The van der Waals surface area contributed by atoms with Crippen molar-refractivity contribution in [1.29, 1.82) is 0 Å². The lowest BCUT2D eigenvalue weighted by atomic mass is 9.80. The van der Waals surface area contributed by atoms with E-state index in [-0.39, 0.29) is 0 Å². The third-order valence-corrected chi connectivity index (χ3v) is 4.12. The topological polar surface area (TPSA) is 12.0 Å². The standard InChI is InChI=1S/C15H27NS/c1-5-8-15(4,12-16-13(2)3)9-6-14-7-10-17-11-14/h7,10-11,13,16H,5-6,8-9,12H2,1-4H3. The van der Waals surface area contributed by atoms with Gasteiger partial charge in [0.15, 0.2) is 0 Å². The maximum atomic E-state index is 3.60. The van der Waals surface area contributed by atoms with Gasteiger partial charge in [-0.05, 0) is 47.1 Å².